The van der Waals surface area contributed by atoms with Crippen LogP contribution in [0.4, 0.5) is 0 Å². The summed E-state index contributed by atoms with van der Waals surface area (Å²) in [5.41, 5.74) is 7.80. The molecule has 2 N–H and O–H groups in total. The van der Waals surface area contributed by atoms with Crippen molar-refractivity contribution in [1.29, 1.82) is 0 Å². The number of nitrogens with zero attached hydrogens (tertiary/aromatic N) is 2. The standard InChI is InChI=1S/C13H23N3/c1-3-9-16(10-5-8-14)11-13-7-4-6-12(2)15-13/h4,6-7H,3,5,8-11,14H2,1-2H3. The van der Waals surface area contributed by atoms with Crippen molar-refractivity contribution in [3.05, 3.63) is 29.6 Å². The number of aromatic nitrogens is 1. The van der Waals surface area contributed by atoms with Crippen LogP contribution in [0.15, 0.2) is 18.2 Å². The Morgan fingerprint density at radius 3 is 2.75 bits per heavy atom. The van der Waals surface area contributed by atoms with Crippen molar-refractivity contribution in [2.24, 2.45) is 5.73 Å². The zero-order valence-corrected chi connectivity index (χ0v) is 10.4. The van der Waals surface area contributed by atoms with E-state index in [9.17, 15) is 0 Å². The molecule has 0 bridgehead atoms. The van der Waals surface area contributed by atoms with Gasteiger partial charge in [-0.05, 0) is 51.5 Å². The van der Waals surface area contributed by atoms with Crippen LogP contribution < -0.4 is 5.73 Å². The van der Waals surface area contributed by atoms with Gasteiger partial charge in [0.15, 0.2) is 0 Å². The molecule has 16 heavy (non-hydrogen) atoms. The lowest BCUT2D eigenvalue weighted by Gasteiger charge is -2.20. The Hall–Kier alpha value is -0.930. The Kier molecular flexibility index (Phi) is 6.04. The molecule has 0 aliphatic carbocycles. The van der Waals surface area contributed by atoms with E-state index in [1.54, 1.807) is 0 Å². The zero-order chi connectivity index (χ0) is 11.8. The molecule has 0 spiro atoms. The van der Waals surface area contributed by atoms with E-state index < -0.39 is 0 Å². The number of rotatable bonds is 7. The molecule has 0 aromatic carbocycles. The maximum absolute atomic E-state index is 5.55. The maximum atomic E-state index is 5.55. The summed E-state index contributed by atoms with van der Waals surface area (Å²) >= 11 is 0. The van der Waals surface area contributed by atoms with Gasteiger partial charge < -0.3 is 5.73 Å². The first kappa shape index (κ1) is 13.1. The molecular weight excluding hydrogens is 198 g/mol. The average molecular weight is 221 g/mol. The van der Waals surface area contributed by atoms with E-state index in [4.69, 9.17) is 5.73 Å². The molecule has 0 radical (unpaired) electrons. The Balaban J connectivity index is 2.52. The zero-order valence-electron chi connectivity index (χ0n) is 10.4. The third kappa shape index (κ3) is 4.73. The molecule has 0 atom stereocenters. The van der Waals surface area contributed by atoms with Crippen LogP contribution in [-0.2, 0) is 6.54 Å². The van der Waals surface area contributed by atoms with Gasteiger partial charge in [-0.2, -0.15) is 0 Å². The van der Waals surface area contributed by atoms with Crippen LogP contribution in [0.25, 0.3) is 0 Å². The van der Waals surface area contributed by atoms with Gasteiger partial charge in [-0.15, -0.1) is 0 Å². The van der Waals surface area contributed by atoms with Crippen molar-refractivity contribution in [2.75, 3.05) is 19.6 Å². The number of hydrogen-bond acceptors (Lipinski definition) is 3. The summed E-state index contributed by atoms with van der Waals surface area (Å²) in [5.74, 6) is 0. The van der Waals surface area contributed by atoms with Crippen molar-refractivity contribution in [3.63, 3.8) is 0 Å². The molecule has 0 fully saturated rings. The van der Waals surface area contributed by atoms with E-state index >= 15 is 0 Å². The molecule has 1 rings (SSSR count). The number of hydrogen-bond donors (Lipinski definition) is 1. The molecule has 1 aromatic rings. The highest BCUT2D eigenvalue weighted by molar-refractivity contribution is 5.09. The monoisotopic (exact) mass is 221 g/mol. The highest BCUT2D eigenvalue weighted by atomic mass is 15.1. The van der Waals surface area contributed by atoms with Gasteiger partial charge in [0, 0.05) is 12.2 Å². The lowest BCUT2D eigenvalue weighted by molar-refractivity contribution is 0.261. The topological polar surface area (TPSA) is 42.1 Å². The first-order valence-electron chi connectivity index (χ1n) is 6.11. The molecule has 0 unspecified atom stereocenters. The SMILES string of the molecule is CCCN(CCCN)Cc1cccc(C)n1. The normalized spacial score (nSPS) is 11.0. The lowest BCUT2D eigenvalue weighted by atomic mass is 10.2. The first-order valence-corrected chi connectivity index (χ1v) is 6.11. The van der Waals surface area contributed by atoms with Crippen LogP contribution in [0.5, 0.6) is 0 Å². The van der Waals surface area contributed by atoms with E-state index in [2.05, 4.69) is 28.9 Å². The van der Waals surface area contributed by atoms with Gasteiger partial charge in [-0.1, -0.05) is 13.0 Å². The highest BCUT2D eigenvalue weighted by Crippen LogP contribution is 2.04. The molecule has 0 saturated carbocycles. The number of pyridine rings is 1. The van der Waals surface area contributed by atoms with Gasteiger partial charge in [0.05, 0.1) is 5.69 Å². The summed E-state index contributed by atoms with van der Waals surface area (Å²) in [4.78, 5) is 6.96. The van der Waals surface area contributed by atoms with Crippen LogP contribution in [0.1, 0.15) is 31.2 Å². The Labute approximate surface area is 98.7 Å². The maximum Gasteiger partial charge on any atom is 0.0547 e. The minimum Gasteiger partial charge on any atom is -0.330 e. The first-order chi connectivity index (χ1) is 7.76. The molecular formula is C13H23N3. The Morgan fingerprint density at radius 2 is 2.12 bits per heavy atom. The molecule has 0 aliphatic rings. The fourth-order valence-corrected chi connectivity index (χ4v) is 1.82. The van der Waals surface area contributed by atoms with Gasteiger partial charge in [-0.3, -0.25) is 9.88 Å². The molecule has 1 aromatic heterocycles. The van der Waals surface area contributed by atoms with Crippen LogP contribution in [-0.4, -0.2) is 29.5 Å². The summed E-state index contributed by atoms with van der Waals surface area (Å²) in [7, 11) is 0. The number of aryl methyl sites for hydroxylation is 1. The smallest absolute Gasteiger partial charge is 0.0547 e. The van der Waals surface area contributed by atoms with Gasteiger partial charge in [-0.25, -0.2) is 0 Å². The predicted molar refractivity (Wildman–Crippen MR) is 68.2 cm³/mol. The summed E-state index contributed by atoms with van der Waals surface area (Å²) in [5, 5.41) is 0. The van der Waals surface area contributed by atoms with Crippen LogP contribution >= 0.6 is 0 Å². The van der Waals surface area contributed by atoms with Crippen molar-refractivity contribution >= 4 is 0 Å². The second-order valence-electron chi connectivity index (χ2n) is 4.19. The fraction of sp³-hybridized carbons (Fsp3) is 0.615. The molecule has 0 saturated heterocycles. The number of nitrogens with two attached hydrogens (primary N) is 1. The van der Waals surface area contributed by atoms with E-state index in [0.29, 0.717) is 0 Å². The van der Waals surface area contributed by atoms with E-state index in [1.807, 2.05) is 13.0 Å². The summed E-state index contributed by atoms with van der Waals surface area (Å²) in [6, 6.07) is 6.20. The van der Waals surface area contributed by atoms with Gasteiger partial charge >= 0.3 is 0 Å². The minimum atomic E-state index is 0.765. The fourth-order valence-electron chi connectivity index (χ4n) is 1.82. The molecule has 3 nitrogen and oxygen atoms in total. The largest absolute Gasteiger partial charge is 0.330 e. The third-order valence-corrected chi connectivity index (χ3v) is 2.55. The molecule has 1 heterocycles. The van der Waals surface area contributed by atoms with Gasteiger partial charge in [0.2, 0.25) is 0 Å². The second kappa shape index (κ2) is 7.36. The molecule has 0 amide bonds. The van der Waals surface area contributed by atoms with Crippen LogP contribution in [0, 0.1) is 6.92 Å². The summed E-state index contributed by atoms with van der Waals surface area (Å²) in [6.45, 7) is 8.14. The van der Waals surface area contributed by atoms with Crippen molar-refractivity contribution in [1.82, 2.24) is 9.88 Å². The van der Waals surface area contributed by atoms with E-state index in [-0.39, 0.29) is 0 Å². The van der Waals surface area contributed by atoms with E-state index in [0.717, 1.165) is 44.0 Å². The van der Waals surface area contributed by atoms with Gasteiger partial charge in [0.1, 0.15) is 0 Å². The molecule has 0 aliphatic heterocycles. The van der Waals surface area contributed by atoms with Crippen molar-refractivity contribution < 1.29 is 0 Å². The lowest BCUT2D eigenvalue weighted by Crippen LogP contribution is -2.27. The third-order valence-electron chi connectivity index (χ3n) is 2.55. The average Bonchev–Trinajstić information content (AvgIpc) is 2.26. The van der Waals surface area contributed by atoms with Crippen LogP contribution in [0.2, 0.25) is 0 Å². The summed E-state index contributed by atoms with van der Waals surface area (Å²) < 4.78 is 0. The van der Waals surface area contributed by atoms with Gasteiger partial charge in [0.25, 0.3) is 0 Å². The van der Waals surface area contributed by atoms with Crippen molar-refractivity contribution in [3.8, 4) is 0 Å². The second-order valence-corrected chi connectivity index (χ2v) is 4.19. The molecule has 90 valence electrons. The predicted octanol–water partition coefficient (Wildman–Crippen LogP) is 1.95. The highest BCUT2D eigenvalue weighted by Gasteiger charge is 2.05. The Bertz CT molecular complexity index is 299. The Morgan fingerprint density at radius 1 is 1.31 bits per heavy atom. The summed E-state index contributed by atoms with van der Waals surface area (Å²) in [6.07, 6.45) is 2.24. The molecule has 3 heteroatoms. The minimum absolute atomic E-state index is 0.765. The van der Waals surface area contributed by atoms with Crippen molar-refractivity contribution in [2.45, 2.75) is 33.2 Å². The van der Waals surface area contributed by atoms with Crippen LogP contribution in [0.3, 0.4) is 0 Å². The van der Waals surface area contributed by atoms with E-state index in [1.165, 1.54) is 6.42 Å². The quantitative estimate of drug-likeness (QED) is 0.765.